The summed E-state index contributed by atoms with van der Waals surface area (Å²) in [7, 11) is 3.73. The molecule has 0 spiro atoms. The molecule has 2 N–H and O–H groups in total. The molecule has 0 fully saturated rings. The SMILES string of the molecule is CCc1cccc(C(CNCCNC)OC)c1. The summed E-state index contributed by atoms with van der Waals surface area (Å²) >= 11 is 0. The van der Waals surface area contributed by atoms with E-state index in [1.807, 2.05) is 7.05 Å². The molecule has 1 aromatic carbocycles. The molecule has 0 saturated carbocycles. The summed E-state index contributed by atoms with van der Waals surface area (Å²) in [5.41, 5.74) is 2.61. The minimum atomic E-state index is 0.137. The fraction of sp³-hybridized carbons (Fsp3) is 0.571. The minimum Gasteiger partial charge on any atom is -0.375 e. The number of nitrogens with one attached hydrogen (secondary N) is 2. The number of aryl methyl sites for hydroxylation is 1. The molecule has 0 aromatic heterocycles. The highest BCUT2D eigenvalue weighted by molar-refractivity contribution is 5.25. The first-order chi connectivity index (χ1) is 8.31. The van der Waals surface area contributed by atoms with Crippen LogP contribution in [0.4, 0.5) is 0 Å². The van der Waals surface area contributed by atoms with E-state index in [9.17, 15) is 0 Å². The third-order valence-corrected chi connectivity index (χ3v) is 2.90. The molecule has 0 radical (unpaired) electrons. The number of likely N-dealkylation sites (N-methyl/N-ethyl adjacent to an activating group) is 1. The fourth-order valence-electron chi connectivity index (χ4n) is 1.80. The molecule has 0 aliphatic rings. The summed E-state index contributed by atoms with van der Waals surface area (Å²) in [5.74, 6) is 0. The smallest absolute Gasteiger partial charge is 0.0945 e. The Balaban J connectivity index is 2.53. The highest BCUT2D eigenvalue weighted by Gasteiger charge is 2.09. The van der Waals surface area contributed by atoms with Crippen molar-refractivity contribution in [3.05, 3.63) is 35.4 Å². The van der Waals surface area contributed by atoms with Gasteiger partial charge in [-0.25, -0.2) is 0 Å². The van der Waals surface area contributed by atoms with E-state index in [4.69, 9.17) is 4.74 Å². The van der Waals surface area contributed by atoms with Crippen LogP contribution in [0.15, 0.2) is 24.3 Å². The van der Waals surface area contributed by atoms with Gasteiger partial charge >= 0.3 is 0 Å². The molecule has 0 amide bonds. The zero-order valence-corrected chi connectivity index (χ0v) is 11.1. The van der Waals surface area contributed by atoms with Crippen molar-refractivity contribution in [2.75, 3.05) is 33.8 Å². The van der Waals surface area contributed by atoms with E-state index in [1.165, 1.54) is 11.1 Å². The van der Waals surface area contributed by atoms with Crippen molar-refractivity contribution < 1.29 is 4.74 Å². The summed E-state index contributed by atoms with van der Waals surface area (Å²) in [6, 6.07) is 8.62. The normalized spacial score (nSPS) is 12.6. The maximum Gasteiger partial charge on any atom is 0.0945 e. The Morgan fingerprint density at radius 2 is 2.12 bits per heavy atom. The van der Waals surface area contributed by atoms with Gasteiger partial charge in [0, 0.05) is 26.7 Å². The van der Waals surface area contributed by atoms with Gasteiger partial charge in [-0.1, -0.05) is 31.2 Å². The number of methoxy groups -OCH3 is 1. The number of hydrogen-bond donors (Lipinski definition) is 2. The molecule has 96 valence electrons. The Morgan fingerprint density at radius 1 is 1.29 bits per heavy atom. The Kier molecular flexibility index (Phi) is 6.86. The van der Waals surface area contributed by atoms with Crippen molar-refractivity contribution in [2.45, 2.75) is 19.4 Å². The van der Waals surface area contributed by atoms with E-state index in [0.29, 0.717) is 0 Å². The van der Waals surface area contributed by atoms with Gasteiger partial charge in [0.05, 0.1) is 6.10 Å². The first kappa shape index (κ1) is 14.2. The van der Waals surface area contributed by atoms with Gasteiger partial charge in [0.15, 0.2) is 0 Å². The molecule has 0 aliphatic heterocycles. The third kappa shape index (κ3) is 4.86. The van der Waals surface area contributed by atoms with Gasteiger partial charge in [-0.15, -0.1) is 0 Å². The van der Waals surface area contributed by atoms with Gasteiger partial charge in [-0.2, -0.15) is 0 Å². The second-order valence-corrected chi connectivity index (χ2v) is 4.13. The molecular weight excluding hydrogens is 212 g/mol. The Labute approximate surface area is 105 Å². The summed E-state index contributed by atoms with van der Waals surface area (Å²) in [6.45, 7) is 4.96. The van der Waals surface area contributed by atoms with Gasteiger partial charge in [0.1, 0.15) is 0 Å². The molecule has 1 rings (SSSR count). The molecule has 1 unspecified atom stereocenters. The first-order valence-electron chi connectivity index (χ1n) is 6.28. The maximum absolute atomic E-state index is 5.53. The third-order valence-electron chi connectivity index (χ3n) is 2.90. The van der Waals surface area contributed by atoms with Crippen LogP contribution in [0, 0.1) is 0 Å². The van der Waals surface area contributed by atoms with Gasteiger partial charge in [-0.3, -0.25) is 0 Å². The number of hydrogen-bond acceptors (Lipinski definition) is 3. The predicted molar refractivity (Wildman–Crippen MR) is 72.4 cm³/mol. The van der Waals surface area contributed by atoms with E-state index in [-0.39, 0.29) is 6.10 Å². The highest BCUT2D eigenvalue weighted by Crippen LogP contribution is 2.17. The Morgan fingerprint density at radius 3 is 2.76 bits per heavy atom. The van der Waals surface area contributed by atoms with E-state index in [1.54, 1.807) is 7.11 Å². The van der Waals surface area contributed by atoms with Crippen LogP contribution in [0.1, 0.15) is 24.2 Å². The highest BCUT2D eigenvalue weighted by atomic mass is 16.5. The maximum atomic E-state index is 5.53. The second-order valence-electron chi connectivity index (χ2n) is 4.13. The minimum absolute atomic E-state index is 0.137. The number of ether oxygens (including phenoxy) is 1. The summed E-state index contributed by atoms with van der Waals surface area (Å²) < 4.78 is 5.53. The lowest BCUT2D eigenvalue weighted by atomic mass is 10.0. The lowest BCUT2D eigenvalue weighted by Crippen LogP contribution is -2.29. The number of rotatable bonds is 8. The lowest BCUT2D eigenvalue weighted by molar-refractivity contribution is 0.102. The van der Waals surface area contributed by atoms with Gasteiger partial charge in [0.2, 0.25) is 0 Å². The summed E-state index contributed by atoms with van der Waals surface area (Å²) in [5, 5.41) is 6.50. The molecule has 1 aromatic rings. The summed E-state index contributed by atoms with van der Waals surface area (Å²) in [6.07, 6.45) is 1.20. The Bertz CT molecular complexity index is 315. The van der Waals surface area contributed by atoms with E-state index < -0.39 is 0 Å². The standard InChI is InChI=1S/C14H24N2O/c1-4-12-6-5-7-13(10-12)14(17-3)11-16-9-8-15-2/h5-7,10,14-16H,4,8-9,11H2,1-3H3. The van der Waals surface area contributed by atoms with Crippen molar-refractivity contribution in [2.24, 2.45) is 0 Å². The Hall–Kier alpha value is -0.900. The zero-order chi connectivity index (χ0) is 12.5. The second kappa shape index (κ2) is 8.23. The fourth-order valence-corrected chi connectivity index (χ4v) is 1.80. The first-order valence-corrected chi connectivity index (χ1v) is 6.28. The van der Waals surface area contributed by atoms with Crippen molar-refractivity contribution >= 4 is 0 Å². The predicted octanol–water partition coefficient (Wildman–Crippen LogP) is 1.75. The molecule has 0 bridgehead atoms. The average Bonchev–Trinajstić information content (AvgIpc) is 2.39. The average molecular weight is 236 g/mol. The van der Waals surface area contributed by atoms with Crippen molar-refractivity contribution in [1.82, 2.24) is 10.6 Å². The van der Waals surface area contributed by atoms with Crippen LogP contribution >= 0.6 is 0 Å². The summed E-state index contributed by atoms with van der Waals surface area (Å²) in [4.78, 5) is 0. The quantitative estimate of drug-likeness (QED) is 0.675. The van der Waals surface area contributed by atoms with Gasteiger partial charge in [-0.05, 0) is 24.6 Å². The molecule has 1 atom stereocenters. The molecule has 0 aliphatic carbocycles. The monoisotopic (exact) mass is 236 g/mol. The van der Waals surface area contributed by atoms with Crippen LogP contribution in [0.2, 0.25) is 0 Å². The lowest BCUT2D eigenvalue weighted by Gasteiger charge is -2.17. The van der Waals surface area contributed by atoms with Crippen LogP contribution in [-0.2, 0) is 11.2 Å². The van der Waals surface area contributed by atoms with Crippen LogP contribution in [0.5, 0.6) is 0 Å². The van der Waals surface area contributed by atoms with Gasteiger partial charge < -0.3 is 15.4 Å². The zero-order valence-electron chi connectivity index (χ0n) is 11.1. The molecule has 3 heteroatoms. The van der Waals surface area contributed by atoms with Gasteiger partial charge in [0.25, 0.3) is 0 Å². The van der Waals surface area contributed by atoms with Crippen LogP contribution in [-0.4, -0.2) is 33.8 Å². The van der Waals surface area contributed by atoms with E-state index in [2.05, 4.69) is 41.8 Å². The van der Waals surface area contributed by atoms with Crippen molar-refractivity contribution in [3.8, 4) is 0 Å². The molecule has 0 saturated heterocycles. The molecule has 17 heavy (non-hydrogen) atoms. The number of benzene rings is 1. The molecule has 3 nitrogen and oxygen atoms in total. The molecule has 0 heterocycles. The van der Waals surface area contributed by atoms with E-state index >= 15 is 0 Å². The topological polar surface area (TPSA) is 33.3 Å². The van der Waals surface area contributed by atoms with Crippen LogP contribution in [0.3, 0.4) is 0 Å². The van der Waals surface area contributed by atoms with Crippen molar-refractivity contribution in [1.29, 1.82) is 0 Å². The molecular formula is C14H24N2O. The van der Waals surface area contributed by atoms with Crippen LogP contribution < -0.4 is 10.6 Å². The largest absolute Gasteiger partial charge is 0.375 e. The van der Waals surface area contributed by atoms with E-state index in [0.717, 1.165) is 26.1 Å². The van der Waals surface area contributed by atoms with Crippen molar-refractivity contribution in [3.63, 3.8) is 0 Å². The van der Waals surface area contributed by atoms with Crippen LogP contribution in [0.25, 0.3) is 0 Å².